The van der Waals surface area contributed by atoms with E-state index >= 15 is 0 Å². The number of ether oxygens (including phenoxy) is 1. The second kappa shape index (κ2) is 6.48. The van der Waals surface area contributed by atoms with Crippen LogP contribution in [0.25, 0.3) is 0 Å². The molecule has 3 nitrogen and oxygen atoms in total. The summed E-state index contributed by atoms with van der Waals surface area (Å²) in [6, 6.07) is 0. The molecule has 0 heterocycles. The van der Waals surface area contributed by atoms with Gasteiger partial charge in [-0.2, -0.15) is 12.6 Å². The molecule has 0 radical (unpaired) electrons. The Hall–Kier alpha value is -0.680. The number of halogens is 1. The van der Waals surface area contributed by atoms with E-state index in [1.54, 1.807) is 7.11 Å². The molecule has 0 aliphatic rings. The molecular weight excluding hydrogens is 314 g/mol. The van der Waals surface area contributed by atoms with Crippen LogP contribution in [-0.4, -0.2) is 18.8 Å². The van der Waals surface area contributed by atoms with Crippen molar-refractivity contribution < 1.29 is 9.53 Å². The van der Waals surface area contributed by atoms with Gasteiger partial charge in [0.15, 0.2) is 0 Å². The Morgan fingerprint density at radius 3 is 2.39 bits per heavy atom. The number of nitrogens with one attached hydrogen (secondary N) is 1. The van der Waals surface area contributed by atoms with Crippen LogP contribution >= 0.6 is 28.6 Å². The number of amides is 1. The summed E-state index contributed by atoms with van der Waals surface area (Å²) in [6.45, 7) is 5.95. The SMILES string of the molecule is COc1c(C)c(C)c(Br)c(C)c1NC(=O)CCS. The van der Waals surface area contributed by atoms with Gasteiger partial charge in [0, 0.05) is 10.9 Å². The van der Waals surface area contributed by atoms with E-state index in [4.69, 9.17) is 4.74 Å². The molecule has 0 bridgehead atoms. The fourth-order valence-electron chi connectivity index (χ4n) is 1.79. The number of benzene rings is 1. The van der Waals surface area contributed by atoms with Crippen LogP contribution in [0.1, 0.15) is 23.1 Å². The van der Waals surface area contributed by atoms with Gasteiger partial charge in [-0.3, -0.25) is 4.79 Å². The maximum Gasteiger partial charge on any atom is 0.225 e. The van der Waals surface area contributed by atoms with Crippen molar-refractivity contribution in [2.24, 2.45) is 0 Å². The molecule has 0 fully saturated rings. The second-order valence-corrected chi connectivity index (χ2v) is 5.36. The molecule has 5 heteroatoms. The first-order valence-electron chi connectivity index (χ1n) is 5.68. The van der Waals surface area contributed by atoms with Gasteiger partial charge in [-0.1, -0.05) is 15.9 Å². The summed E-state index contributed by atoms with van der Waals surface area (Å²) in [5, 5.41) is 2.90. The Morgan fingerprint density at radius 2 is 1.89 bits per heavy atom. The van der Waals surface area contributed by atoms with Gasteiger partial charge in [0.05, 0.1) is 12.8 Å². The van der Waals surface area contributed by atoms with Crippen molar-refractivity contribution in [3.8, 4) is 5.75 Å². The lowest BCUT2D eigenvalue weighted by molar-refractivity contribution is -0.115. The summed E-state index contributed by atoms with van der Waals surface area (Å²) in [5.41, 5.74) is 3.86. The summed E-state index contributed by atoms with van der Waals surface area (Å²) in [5.74, 6) is 1.20. The van der Waals surface area contributed by atoms with Crippen molar-refractivity contribution in [2.45, 2.75) is 27.2 Å². The number of hydrogen-bond donors (Lipinski definition) is 2. The number of carbonyl (C=O) groups excluding carboxylic acids is 1. The first-order valence-corrected chi connectivity index (χ1v) is 7.10. The number of hydrogen-bond acceptors (Lipinski definition) is 3. The quantitative estimate of drug-likeness (QED) is 0.826. The second-order valence-electron chi connectivity index (χ2n) is 4.12. The normalized spacial score (nSPS) is 10.3. The van der Waals surface area contributed by atoms with E-state index in [0.29, 0.717) is 12.2 Å². The lowest BCUT2D eigenvalue weighted by Crippen LogP contribution is -2.14. The van der Waals surface area contributed by atoms with Crippen molar-refractivity contribution >= 4 is 40.2 Å². The zero-order valence-corrected chi connectivity index (χ0v) is 13.5. The van der Waals surface area contributed by atoms with Gasteiger partial charge < -0.3 is 10.1 Å². The zero-order valence-electron chi connectivity index (χ0n) is 11.1. The first kappa shape index (κ1) is 15.4. The third-order valence-electron chi connectivity index (χ3n) is 2.97. The van der Waals surface area contributed by atoms with Crippen LogP contribution in [0.5, 0.6) is 5.75 Å². The number of thiol groups is 1. The highest BCUT2D eigenvalue weighted by molar-refractivity contribution is 9.10. The van der Waals surface area contributed by atoms with Gasteiger partial charge in [-0.05, 0) is 43.2 Å². The average Bonchev–Trinajstić information content (AvgIpc) is 2.34. The fourth-order valence-corrected chi connectivity index (χ4v) is 2.49. The lowest BCUT2D eigenvalue weighted by atomic mass is 10.0. The molecule has 0 spiro atoms. The summed E-state index contributed by atoms with van der Waals surface area (Å²) in [6.07, 6.45) is 0.385. The summed E-state index contributed by atoms with van der Waals surface area (Å²) < 4.78 is 6.42. The third kappa shape index (κ3) is 3.01. The van der Waals surface area contributed by atoms with E-state index < -0.39 is 0 Å². The molecule has 0 saturated carbocycles. The van der Waals surface area contributed by atoms with Gasteiger partial charge in [0.1, 0.15) is 5.75 Å². The van der Waals surface area contributed by atoms with Crippen molar-refractivity contribution in [2.75, 3.05) is 18.2 Å². The van der Waals surface area contributed by atoms with E-state index in [9.17, 15) is 4.79 Å². The van der Waals surface area contributed by atoms with Crippen LogP contribution in [-0.2, 0) is 4.79 Å². The van der Waals surface area contributed by atoms with E-state index in [-0.39, 0.29) is 5.91 Å². The van der Waals surface area contributed by atoms with Crippen molar-refractivity contribution in [1.29, 1.82) is 0 Å². The van der Waals surface area contributed by atoms with Gasteiger partial charge in [0.2, 0.25) is 5.91 Å². The standard InChI is InChI=1S/C13H18BrNO2S/c1-7-8(2)13(17-4)12(9(3)11(7)14)15-10(16)5-6-18/h18H,5-6H2,1-4H3,(H,15,16). The molecule has 0 unspecified atom stereocenters. The molecule has 100 valence electrons. The molecule has 18 heavy (non-hydrogen) atoms. The minimum Gasteiger partial charge on any atom is -0.494 e. The largest absolute Gasteiger partial charge is 0.494 e. The molecule has 0 aromatic heterocycles. The van der Waals surface area contributed by atoms with Crippen molar-refractivity contribution in [1.82, 2.24) is 0 Å². The topological polar surface area (TPSA) is 38.3 Å². The molecule has 0 atom stereocenters. The van der Waals surface area contributed by atoms with Crippen LogP contribution in [0.15, 0.2) is 4.47 Å². The third-order valence-corrected chi connectivity index (χ3v) is 4.38. The van der Waals surface area contributed by atoms with Crippen molar-refractivity contribution in [3.63, 3.8) is 0 Å². The van der Waals surface area contributed by atoms with Crippen LogP contribution < -0.4 is 10.1 Å². The molecule has 1 aromatic rings. The lowest BCUT2D eigenvalue weighted by Gasteiger charge is -2.19. The van der Waals surface area contributed by atoms with Crippen LogP contribution in [0, 0.1) is 20.8 Å². The number of anilines is 1. The van der Waals surface area contributed by atoms with Gasteiger partial charge in [-0.15, -0.1) is 0 Å². The summed E-state index contributed by atoms with van der Waals surface area (Å²) in [7, 11) is 1.61. The molecule has 1 N–H and O–H groups in total. The Balaban J connectivity index is 3.29. The predicted molar refractivity (Wildman–Crippen MR) is 82.0 cm³/mol. The number of rotatable bonds is 4. The zero-order chi connectivity index (χ0) is 13.9. The Kier molecular flexibility index (Phi) is 5.53. The molecule has 0 aliphatic carbocycles. The predicted octanol–water partition coefficient (Wildman–Crippen LogP) is 3.64. The smallest absolute Gasteiger partial charge is 0.225 e. The van der Waals surface area contributed by atoms with E-state index in [1.165, 1.54) is 0 Å². The highest BCUT2D eigenvalue weighted by Gasteiger charge is 2.18. The molecular formula is C13H18BrNO2S. The molecule has 0 aliphatic heterocycles. The average molecular weight is 332 g/mol. The summed E-state index contributed by atoms with van der Waals surface area (Å²) in [4.78, 5) is 11.7. The number of methoxy groups -OCH3 is 1. The molecule has 0 saturated heterocycles. The highest BCUT2D eigenvalue weighted by Crippen LogP contribution is 2.39. The summed E-state index contributed by atoms with van der Waals surface area (Å²) >= 11 is 7.61. The molecule has 1 amide bonds. The number of carbonyl (C=O) groups is 1. The first-order chi connectivity index (χ1) is 8.43. The van der Waals surface area contributed by atoms with Crippen LogP contribution in [0.4, 0.5) is 5.69 Å². The van der Waals surface area contributed by atoms with E-state index in [2.05, 4.69) is 33.9 Å². The van der Waals surface area contributed by atoms with Crippen LogP contribution in [0.2, 0.25) is 0 Å². The monoisotopic (exact) mass is 331 g/mol. The Labute approximate surface area is 122 Å². The Bertz CT molecular complexity index is 475. The van der Waals surface area contributed by atoms with Crippen molar-refractivity contribution in [3.05, 3.63) is 21.2 Å². The van der Waals surface area contributed by atoms with E-state index in [0.717, 1.165) is 32.6 Å². The highest BCUT2D eigenvalue weighted by atomic mass is 79.9. The molecule has 1 aromatic carbocycles. The van der Waals surface area contributed by atoms with E-state index in [1.807, 2.05) is 20.8 Å². The van der Waals surface area contributed by atoms with Gasteiger partial charge >= 0.3 is 0 Å². The minimum atomic E-state index is -0.0541. The maximum atomic E-state index is 11.7. The maximum absolute atomic E-state index is 11.7. The Morgan fingerprint density at radius 1 is 1.28 bits per heavy atom. The van der Waals surface area contributed by atoms with Gasteiger partial charge in [0.25, 0.3) is 0 Å². The fraction of sp³-hybridized carbons (Fsp3) is 0.462. The minimum absolute atomic E-state index is 0.0541. The van der Waals surface area contributed by atoms with Crippen LogP contribution in [0.3, 0.4) is 0 Å². The molecule has 1 rings (SSSR count). The van der Waals surface area contributed by atoms with Gasteiger partial charge in [-0.25, -0.2) is 0 Å².